The van der Waals surface area contributed by atoms with Crippen LogP contribution >= 0.6 is 0 Å². The Morgan fingerprint density at radius 1 is 0.933 bits per heavy atom. The average molecular weight is 430 g/mol. The van der Waals surface area contributed by atoms with Crippen LogP contribution in [-0.2, 0) is 10.0 Å². The predicted molar refractivity (Wildman–Crippen MR) is 110 cm³/mol. The Bertz CT molecular complexity index is 1090. The van der Waals surface area contributed by atoms with Gasteiger partial charge in [-0.25, -0.2) is 13.1 Å². The van der Waals surface area contributed by atoms with Crippen LogP contribution in [0, 0.1) is 0 Å². The summed E-state index contributed by atoms with van der Waals surface area (Å²) in [6.07, 6.45) is 3.47. The zero-order chi connectivity index (χ0) is 21.1. The number of sulfonamides is 1. The Hall–Kier alpha value is -3.18. The lowest BCUT2D eigenvalue weighted by Crippen LogP contribution is -2.49. The van der Waals surface area contributed by atoms with Crippen LogP contribution in [0.1, 0.15) is 0 Å². The van der Waals surface area contributed by atoms with Crippen LogP contribution in [0.15, 0.2) is 53.7 Å². The van der Waals surface area contributed by atoms with Crippen molar-refractivity contribution >= 4 is 15.8 Å². The molecule has 1 fully saturated rings. The smallest absolute Gasteiger partial charge is 0.246 e. The largest absolute Gasteiger partial charge is 0.497 e. The molecule has 158 valence electrons. The third-order valence-electron chi connectivity index (χ3n) is 4.93. The first-order valence-corrected chi connectivity index (χ1v) is 10.8. The molecule has 1 aliphatic heterocycles. The summed E-state index contributed by atoms with van der Waals surface area (Å²) in [7, 11) is -0.731. The van der Waals surface area contributed by atoms with Gasteiger partial charge in [-0.15, -0.1) is 10.2 Å². The molecule has 4 rings (SSSR count). The van der Waals surface area contributed by atoms with Crippen LogP contribution in [-0.4, -0.2) is 73.1 Å². The number of rotatable bonds is 6. The number of anilines is 1. The zero-order valence-electron chi connectivity index (χ0n) is 16.7. The molecule has 1 aliphatic rings. The number of hydrogen-bond acceptors (Lipinski definition) is 8. The van der Waals surface area contributed by atoms with E-state index in [4.69, 9.17) is 9.47 Å². The van der Waals surface area contributed by atoms with E-state index in [1.54, 1.807) is 29.2 Å². The van der Waals surface area contributed by atoms with Crippen molar-refractivity contribution in [1.29, 1.82) is 0 Å². The molecule has 3 aromatic rings. The molecule has 0 amide bonds. The van der Waals surface area contributed by atoms with E-state index in [0.717, 1.165) is 0 Å². The summed E-state index contributed by atoms with van der Waals surface area (Å²) in [5, 5.41) is 12.6. The Balaban J connectivity index is 1.46. The highest BCUT2D eigenvalue weighted by Crippen LogP contribution is 2.31. The fraction of sp³-hybridized carbons (Fsp3) is 0.316. The normalized spacial score (nSPS) is 15.2. The van der Waals surface area contributed by atoms with Gasteiger partial charge in [-0.3, -0.25) is 0 Å². The van der Waals surface area contributed by atoms with Crippen LogP contribution in [0.3, 0.4) is 0 Å². The van der Waals surface area contributed by atoms with Gasteiger partial charge in [0.15, 0.2) is 11.6 Å². The summed E-state index contributed by atoms with van der Waals surface area (Å²) in [6.45, 7) is 1.68. The number of piperazine rings is 1. The van der Waals surface area contributed by atoms with Crippen molar-refractivity contribution in [3.8, 4) is 17.3 Å². The van der Waals surface area contributed by atoms with Crippen molar-refractivity contribution in [1.82, 2.24) is 24.3 Å². The van der Waals surface area contributed by atoms with Crippen molar-refractivity contribution < 1.29 is 17.9 Å². The minimum atomic E-state index is -3.69. The molecule has 1 aromatic carbocycles. The average Bonchev–Trinajstić information content (AvgIpc) is 3.34. The highest BCUT2D eigenvalue weighted by atomic mass is 32.2. The lowest BCUT2D eigenvalue weighted by molar-refractivity contribution is 0.369. The van der Waals surface area contributed by atoms with Crippen molar-refractivity contribution in [3.05, 3.63) is 48.8 Å². The molecule has 0 N–H and O–H groups in total. The fourth-order valence-corrected chi connectivity index (χ4v) is 4.86. The van der Waals surface area contributed by atoms with Crippen LogP contribution in [0.2, 0.25) is 0 Å². The highest BCUT2D eigenvalue weighted by molar-refractivity contribution is 7.89. The molecule has 0 spiro atoms. The molecule has 0 bridgehead atoms. The zero-order valence-corrected chi connectivity index (χ0v) is 17.5. The number of aromatic nitrogens is 4. The molecule has 0 saturated carbocycles. The quantitative estimate of drug-likeness (QED) is 0.575. The van der Waals surface area contributed by atoms with Crippen LogP contribution in [0.4, 0.5) is 5.82 Å². The molecule has 0 aliphatic carbocycles. The maximum Gasteiger partial charge on any atom is 0.246 e. The van der Waals surface area contributed by atoms with Crippen molar-refractivity contribution in [2.24, 2.45) is 0 Å². The van der Waals surface area contributed by atoms with E-state index in [2.05, 4.69) is 15.3 Å². The lowest BCUT2D eigenvalue weighted by atomic mass is 10.3. The van der Waals surface area contributed by atoms with E-state index in [1.165, 1.54) is 24.6 Å². The molecule has 11 heteroatoms. The van der Waals surface area contributed by atoms with Crippen molar-refractivity contribution in [3.63, 3.8) is 0 Å². The molecule has 2 aromatic heterocycles. The third kappa shape index (κ3) is 3.81. The number of nitrogens with zero attached hydrogens (tertiary/aromatic N) is 6. The monoisotopic (exact) mass is 430 g/mol. The minimum Gasteiger partial charge on any atom is -0.497 e. The molecule has 0 atom stereocenters. The van der Waals surface area contributed by atoms with Crippen molar-refractivity contribution in [2.45, 2.75) is 4.90 Å². The maximum absolute atomic E-state index is 13.1. The van der Waals surface area contributed by atoms with Crippen LogP contribution in [0.25, 0.3) is 5.82 Å². The molecule has 3 heterocycles. The predicted octanol–water partition coefficient (Wildman–Crippen LogP) is 1.19. The van der Waals surface area contributed by atoms with Gasteiger partial charge in [0.2, 0.25) is 10.0 Å². The summed E-state index contributed by atoms with van der Waals surface area (Å²) in [4.78, 5) is 2.14. The summed E-state index contributed by atoms with van der Waals surface area (Å²) in [5.41, 5.74) is 0. The van der Waals surface area contributed by atoms with Gasteiger partial charge < -0.3 is 14.4 Å². The highest BCUT2D eigenvalue weighted by Gasteiger charge is 2.31. The number of ether oxygens (including phenoxy) is 2. The Labute approximate surface area is 174 Å². The number of hydrogen-bond donors (Lipinski definition) is 0. The van der Waals surface area contributed by atoms with Gasteiger partial charge in [-0.2, -0.15) is 9.40 Å². The second-order valence-corrected chi connectivity index (χ2v) is 8.51. The van der Waals surface area contributed by atoms with Gasteiger partial charge in [0.1, 0.15) is 16.4 Å². The number of methoxy groups -OCH3 is 2. The summed E-state index contributed by atoms with van der Waals surface area (Å²) in [5.74, 6) is 2.12. The van der Waals surface area contributed by atoms with E-state index in [9.17, 15) is 8.42 Å². The summed E-state index contributed by atoms with van der Waals surface area (Å²) in [6, 6.07) is 10.2. The molecule has 30 heavy (non-hydrogen) atoms. The fourth-order valence-electron chi connectivity index (χ4n) is 3.30. The molecule has 1 saturated heterocycles. The Kier molecular flexibility index (Phi) is 5.55. The summed E-state index contributed by atoms with van der Waals surface area (Å²) >= 11 is 0. The molecular weight excluding hydrogens is 408 g/mol. The third-order valence-corrected chi connectivity index (χ3v) is 6.86. The Morgan fingerprint density at radius 2 is 1.67 bits per heavy atom. The second-order valence-electron chi connectivity index (χ2n) is 6.61. The van der Waals surface area contributed by atoms with E-state index in [-0.39, 0.29) is 10.6 Å². The van der Waals surface area contributed by atoms with E-state index in [0.29, 0.717) is 43.6 Å². The summed E-state index contributed by atoms with van der Waals surface area (Å²) < 4.78 is 39.8. The lowest BCUT2D eigenvalue weighted by Gasteiger charge is -2.34. The topological polar surface area (TPSA) is 103 Å². The van der Waals surface area contributed by atoms with Crippen LogP contribution in [0.5, 0.6) is 11.5 Å². The van der Waals surface area contributed by atoms with E-state index in [1.807, 2.05) is 23.1 Å². The first-order valence-electron chi connectivity index (χ1n) is 9.34. The van der Waals surface area contributed by atoms with Gasteiger partial charge in [-0.05, 0) is 30.3 Å². The van der Waals surface area contributed by atoms with Gasteiger partial charge in [0, 0.05) is 44.6 Å². The molecular formula is C19H22N6O4S. The second kappa shape index (κ2) is 8.28. The molecule has 0 unspecified atom stereocenters. The van der Waals surface area contributed by atoms with Crippen molar-refractivity contribution in [2.75, 3.05) is 45.3 Å². The van der Waals surface area contributed by atoms with Gasteiger partial charge in [0.05, 0.1) is 14.2 Å². The molecule has 10 nitrogen and oxygen atoms in total. The minimum absolute atomic E-state index is 0.127. The number of benzene rings is 1. The first kappa shape index (κ1) is 20.1. The van der Waals surface area contributed by atoms with Gasteiger partial charge in [-0.1, -0.05) is 0 Å². The van der Waals surface area contributed by atoms with Gasteiger partial charge in [0.25, 0.3) is 0 Å². The standard InChI is InChI=1S/C19H22N6O4S/c1-28-15-4-5-17(16(14-15)29-2)30(26,27)24-12-10-23(11-13-24)18-6-7-19(22-21-18)25-9-3-8-20-25/h3-9,14H,10-13H2,1-2H3. The Morgan fingerprint density at radius 3 is 2.27 bits per heavy atom. The van der Waals surface area contributed by atoms with E-state index >= 15 is 0 Å². The molecule has 0 radical (unpaired) electrons. The van der Waals surface area contributed by atoms with E-state index < -0.39 is 10.0 Å². The van der Waals surface area contributed by atoms with Crippen LogP contribution < -0.4 is 14.4 Å². The first-order chi connectivity index (χ1) is 14.5. The van der Waals surface area contributed by atoms with Gasteiger partial charge >= 0.3 is 0 Å². The maximum atomic E-state index is 13.1. The SMILES string of the molecule is COc1ccc(S(=O)(=O)N2CCN(c3ccc(-n4cccn4)nn3)CC2)c(OC)c1.